The summed E-state index contributed by atoms with van der Waals surface area (Å²) in [5.41, 5.74) is 0.938. The average molecular weight is 435 g/mol. The van der Waals surface area contributed by atoms with Crippen LogP contribution in [0.25, 0.3) is 0 Å². The highest BCUT2D eigenvalue weighted by atomic mass is 32.2. The minimum absolute atomic E-state index is 0.249. The third-order valence-corrected chi connectivity index (χ3v) is 6.61. The van der Waals surface area contributed by atoms with Gasteiger partial charge in [-0.2, -0.15) is 0 Å². The van der Waals surface area contributed by atoms with Gasteiger partial charge in [0.15, 0.2) is 0 Å². The highest BCUT2D eigenvalue weighted by Gasteiger charge is 2.34. The van der Waals surface area contributed by atoms with Crippen molar-refractivity contribution in [1.82, 2.24) is 5.32 Å². The molecule has 1 aliphatic heterocycles. The quantitative estimate of drug-likeness (QED) is 0.703. The summed E-state index contributed by atoms with van der Waals surface area (Å²) in [5.74, 6) is 0.379. The Morgan fingerprint density at radius 3 is 2.66 bits per heavy atom. The van der Waals surface area contributed by atoms with Gasteiger partial charge in [0.25, 0.3) is 0 Å². The van der Waals surface area contributed by atoms with Crippen molar-refractivity contribution in [3.8, 4) is 5.75 Å². The second-order valence-corrected chi connectivity index (χ2v) is 10.5. The van der Waals surface area contributed by atoms with Gasteiger partial charge in [-0.25, -0.2) is 8.42 Å². The number of nitrogens with zero attached hydrogens (tertiary/aromatic N) is 1. The summed E-state index contributed by atoms with van der Waals surface area (Å²) in [4.78, 5) is 13.8. The lowest BCUT2D eigenvalue weighted by Gasteiger charge is -2.38. The van der Waals surface area contributed by atoms with E-state index in [-0.39, 0.29) is 18.5 Å². The molecule has 1 heterocycles. The zero-order valence-electron chi connectivity index (χ0n) is 17.0. The van der Waals surface area contributed by atoms with E-state index in [0.717, 1.165) is 26.8 Å². The molecule has 0 saturated heterocycles. The number of para-hydroxylation sites is 1. The molecule has 0 bridgehead atoms. The fourth-order valence-corrected chi connectivity index (χ4v) is 4.77. The van der Waals surface area contributed by atoms with Crippen LogP contribution in [0, 0.1) is 0 Å². The molecule has 1 atom stereocenters. The van der Waals surface area contributed by atoms with E-state index in [4.69, 9.17) is 4.74 Å². The first-order chi connectivity index (χ1) is 13.6. The van der Waals surface area contributed by atoms with Gasteiger partial charge in [-0.15, -0.1) is 11.8 Å². The summed E-state index contributed by atoms with van der Waals surface area (Å²) in [5, 5.41) is 3.00. The molecule has 0 aromatic heterocycles. The maximum Gasteiger partial charge on any atom is 0.241 e. The number of ether oxygens (including phenoxy) is 1. The summed E-state index contributed by atoms with van der Waals surface area (Å²) < 4.78 is 31.9. The average Bonchev–Trinajstić information content (AvgIpc) is 2.64. The molecule has 0 radical (unpaired) electrons. The van der Waals surface area contributed by atoms with Crippen LogP contribution in [-0.2, 0) is 14.8 Å². The smallest absolute Gasteiger partial charge is 0.241 e. The molecule has 6 nitrogen and oxygen atoms in total. The number of carbonyl (C=O) groups is 1. The molecule has 0 unspecified atom stereocenters. The second kappa shape index (κ2) is 8.28. The van der Waals surface area contributed by atoms with Gasteiger partial charge in [0.05, 0.1) is 18.0 Å². The molecule has 3 rings (SSSR count). The van der Waals surface area contributed by atoms with Gasteiger partial charge < -0.3 is 10.1 Å². The molecular formula is C21H26N2O4S2. The molecule has 8 heteroatoms. The van der Waals surface area contributed by atoms with Crippen molar-refractivity contribution in [2.45, 2.75) is 36.8 Å². The predicted molar refractivity (Wildman–Crippen MR) is 117 cm³/mol. The largest absolute Gasteiger partial charge is 0.487 e. The van der Waals surface area contributed by atoms with Gasteiger partial charge in [0.1, 0.15) is 17.9 Å². The number of thioether (sulfide) groups is 1. The summed E-state index contributed by atoms with van der Waals surface area (Å²) >= 11 is 1.51. The molecule has 2 aromatic carbocycles. The number of rotatable bonds is 6. The Bertz CT molecular complexity index is 1010. The lowest BCUT2D eigenvalue weighted by atomic mass is 9.89. The first kappa shape index (κ1) is 21.5. The summed E-state index contributed by atoms with van der Waals surface area (Å²) in [6.45, 7) is 3.66. The number of hydrogen-bond donors (Lipinski definition) is 1. The summed E-state index contributed by atoms with van der Waals surface area (Å²) in [6.07, 6.45) is 3.62. The van der Waals surface area contributed by atoms with E-state index in [1.807, 2.05) is 50.4 Å². The van der Waals surface area contributed by atoms with Crippen LogP contribution in [0.3, 0.4) is 0 Å². The van der Waals surface area contributed by atoms with Crippen molar-refractivity contribution < 1.29 is 17.9 Å². The van der Waals surface area contributed by atoms with Crippen LogP contribution < -0.4 is 14.4 Å². The Morgan fingerprint density at radius 2 is 1.97 bits per heavy atom. The molecule has 156 valence electrons. The predicted octanol–water partition coefficient (Wildman–Crippen LogP) is 3.59. The van der Waals surface area contributed by atoms with Gasteiger partial charge in [-0.05, 0) is 44.4 Å². The minimum Gasteiger partial charge on any atom is -0.487 e. The van der Waals surface area contributed by atoms with Crippen molar-refractivity contribution in [1.29, 1.82) is 0 Å². The van der Waals surface area contributed by atoms with Gasteiger partial charge in [0.2, 0.25) is 15.9 Å². The Hall–Kier alpha value is -2.19. The summed E-state index contributed by atoms with van der Waals surface area (Å²) in [6, 6.07) is 14.5. The zero-order chi connectivity index (χ0) is 21.2. The third-order valence-electron chi connectivity index (χ3n) is 4.74. The van der Waals surface area contributed by atoms with Gasteiger partial charge >= 0.3 is 0 Å². The van der Waals surface area contributed by atoms with Gasteiger partial charge in [-0.1, -0.05) is 24.3 Å². The standard InChI is InChI=1S/C21H26N2O4S2/c1-21(2)13-18(17-10-5-6-11-19(17)27-21)22-20(24)14-23(29(4,25)26)15-8-7-9-16(12-15)28-3/h5-12,18H,13-14H2,1-4H3,(H,22,24)/t18-/m1/s1. The van der Waals surface area contributed by atoms with Crippen LogP contribution >= 0.6 is 11.8 Å². The van der Waals surface area contributed by atoms with Crippen molar-refractivity contribution in [2.24, 2.45) is 0 Å². The molecule has 1 amide bonds. The van der Waals surface area contributed by atoms with Crippen LogP contribution in [-0.4, -0.2) is 39.0 Å². The fraction of sp³-hybridized carbons (Fsp3) is 0.381. The highest BCUT2D eigenvalue weighted by Crippen LogP contribution is 2.39. The number of benzene rings is 2. The summed E-state index contributed by atoms with van der Waals surface area (Å²) in [7, 11) is -3.62. The van der Waals surface area contributed by atoms with E-state index in [2.05, 4.69) is 5.32 Å². The number of anilines is 1. The Morgan fingerprint density at radius 1 is 1.24 bits per heavy atom. The molecule has 0 aliphatic carbocycles. The van der Waals surface area contributed by atoms with E-state index in [0.29, 0.717) is 12.1 Å². The lowest BCUT2D eigenvalue weighted by molar-refractivity contribution is -0.120. The molecule has 29 heavy (non-hydrogen) atoms. The Kier molecular flexibility index (Phi) is 6.14. The lowest BCUT2D eigenvalue weighted by Crippen LogP contribution is -2.45. The molecule has 1 N–H and O–H groups in total. The third kappa shape index (κ3) is 5.25. The first-order valence-corrected chi connectivity index (χ1v) is 12.4. The van der Waals surface area contributed by atoms with Crippen LogP contribution in [0.1, 0.15) is 31.9 Å². The first-order valence-electron chi connectivity index (χ1n) is 9.28. The van der Waals surface area contributed by atoms with Crippen LogP contribution in [0.5, 0.6) is 5.75 Å². The Labute approximate surface area is 176 Å². The molecule has 0 saturated carbocycles. The number of fused-ring (bicyclic) bond motifs is 1. The number of carbonyl (C=O) groups excluding carboxylic acids is 1. The molecule has 1 aliphatic rings. The molecule has 0 spiro atoms. The van der Waals surface area contributed by atoms with Crippen LogP contribution in [0.15, 0.2) is 53.4 Å². The zero-order valence-corrected chi connectivity index (χ0v) is 18.6. The van der Waals surface area contributed by atoms with Gasteiger partial charge in [0, 0.05) is 16.9 Å². The van der Waals surface area contributed by atoms with Crippen molar-refractivity contribution in [3.05, 3.63) is 54.1 Å². The van der Waals surface area contributed by atoms with Gasteiger partial charge in [-0.3, -0.25) is 9.10 Å². The van der Waals surface area contributed by atoms with Crippen molar-refractivity contribution >= 4 is 33.4 Å². The van der Waals surface area contributed by atoms with E-state index < -0.39 is 15.6 Å². The fourth-order valence-electron chi connectivity index (χ4n) is 3.47. The minimum atomic E-state index is -3.62. The van der Waals surface area contributed by atoms with Crippen molar-refractivity contribution in [2.75, 3.05) is 23.4 Å². The van der Waals surface area contributed by atoms with Crippen molar-refractivity contribution in [3.63, 3.8) is 0 Å². The highest BCUT2D eigenvalue weighted by molar-refractivity contribution is 7.98. The Balaban J connectivity index is 1.82. The topological polar surface area (TPSA) is 75.7 Å². The SMILES string of the molecule is CSc1cccc(N(CC(=O)N[C@@H]2CC(C)(C)Oc3ccccc32)S(C)(=O)=O)c1. The molecular weight excluding hydrogens is 408 g/mol. The van der Waals surface area contributed by atoms with E-state index in [1.54, 1.807) is 18.2 Å². The monoisotopic (exact) mass is 434 g/mol. The number of amides is 1. The maximum atomic E-state index is 12.9. The van der Waals surface area contributed by atoms with E-state index in [1.165, 1.54) is 11.8 Å². The number of sulfonamides is 1. The maximum absolute atomic E-state index is 12.9. The van der Waals surface area contributed by atoms with Crippen LogP contribution in [0.4, 0.5) is 5.69 Å². The van der Waals surface area contributed by atoms with E-state index >= 15 is 0 Å². The van der Waals surface area contributed by atoms with Crippen LogP contribution in [0.2, 0.25) is 0 Å². The number of hydrogen-bond acceptors (Lipinski definition) is 5. The molecule has 0 fully saturated rings. The second-order valence-electron chi connectivity index (χ2n) is 7.69. The molecule has 2 aromatic rings. The normalized spacial score (nSPS) is 17.7. The van der Waals surface area contributed by atoms with E-state index in [9.17, 15) is 13.2 Å². The number of nitrogens with one attached hydrogen (secondary N) is 1.